The van der Waals surface area contributed by atoms with E-state index in [-0.39, 0.29) is 6.42 Å². The SMILES string of the molecule is COc1ccc(CC(=O)O[C@H](C)C(=O)Nc2cccc(C#N)c2)cc1. The van der Waals surface area contributed by atoms with Crippen LogP contribution in [0.25, 0.3) is 0 Å². The lowest BCUT2D eigenvalue weighted by Crippen LogP contribution is -2.30. The maximum absolute atomic E-state index is 12.1. The molecule has 0 aliphatic rings. The molecule has 0 aliphatic heterocycles. The average molecular weight is 338 g/mol. The van der Waals surface area contributed by atoms with Crippen molar-refractivity contribution in [1.82, 2.24) is 0 Å². The van der Waals surface area contributed by atoms with Gasteiger partial charge in [-0.1, -0.05) is 18.2 Å². The van der Waals surface area contributed by atoms with Gasteiger partial charge in [-0.25, -0.2) is 0 Å². The third-order valence-corrected chi connectivity index (χ3v) is 3.44. The first kappa shape index (κ1) is 18.0. The first-order chi connectivity index (χ1) is 12.0. The molecule has 0 fully saturated rings. The average Bonchev–Trinajstić information content (AvgIpc) is 2.62. The van der Waals surface area contributed by atoms with Crippen LogP contribution >= 0.6 is 0 Å². The Labute approximate surface area is 146 Å². The highest BCUT2D eigenvalue weighted by molar-refractivity contribution is 5.95. The summed E-state index contributed by atoms with van der Waals surface area (Å²) >= 11 is 0. The fourth-order valence-corrected chi connectivity index (χ4v) is 2.11. The summed E-state index contributed by atoms with van der Waals surface area (Å²) < 4.78 is 10.2. The second-order valence-corrected chi connectivity index (χ2v) is 5.34. The van der Waals surface area contributed by atoms with Gasteiger partial charge in [0.2, 0.25) is 0 Å². The number of carbonyl (C=O) groups excluding carboxylic acids is 2. The van der Waals surface area contributed by atoms with Crippen molar-refractivity contribution in [2.75, 3.05) is 12.4 Å². The standard InChI is InChI=1S/C19H18N2O4/c1-13(19(23)21-16-5-3-4-15(10-16)12-20)25-18(22)11-14-6-8-17(24-2)9-7-14/h3-10,13H,11H2,1-2H3,(H,21,23)/t13-/m1/s1. The molecule has 1 atom stereocenters. The van der Waals surface area contributed by atoms with Crippen molar-refractivity contribution < 1.29 is 19.1 Å². The number of rotatable bonds is 6. The van der Waals surface area contributed by atoms with Gasteiger partial charge in [-0.15, -0.1) is 0 Å². The number of hydrogen-bond donors (Lipinski definition) is 1. The fourth-order valence-electron chi connectivity index (χ4n) is 2.11. The first-order valence-electron chi connectivity index (χ1n) is 7.65. The summed E-state index contributed by atoms with van der Waals surface area (Å²) in [4.78, 5) is 24.1. The van der Waals surface area contributed by atoms with Gasteiger partial charge < -0.3 is 14.8 Å². The van der Waals surface area contributed by atoms with E-state index in [1.54, 1.807) is 55.6 Å². The van der Waals surface area contributed by atoms with Crippen LogP contribution in [0.1, 0.15) is 18.1 Å². The largest absolute Gasteiger partial charge is 0.497 e. The van der Waals surface area contributed by atoms with Crippen LogP contribution < -0.4 is 10.1 Å². The second kappa shape index (κ2) is 8.50. The molecule has 0 aromatic heterocycles. The number of nitriles is 1. The Morgan fingerprint density at radius 1 is 1.20 bits per heavy atom. The molecule has 6 nitrogen and oxygen atoms in total. The van der Waals surface area contributed by atoms with E-state index in [0.717, 1.165) is 5.56 Å². The zero-order valence-electron chi connectivity index (χ0n) is 14.0. The molecule has 0 saturated carbocycles. The number of nitrogens with one attached hydrogen (secondary N) is 1. The monoisotopic (exact) mass is 338 g/mol. The van der Waals surface area contributed by atoms with E-state index in [1.807, 2.05) is 6.07 Å². The molecule has 128 valence electrons. The number of benzene rings is 2. The topological polar surface area (TPSA) is 88.4 Å². The normalized spacial score (nSPS) is 11.1. The maximum atomic E-state index is 12.1. The molecule has 1 amide bonds. The fraction of sp³-hybridized carbons (Fsp3) is 0.211. The smallest absolute Gasteiger partial charge is 0.311 e. The van der Waals surface area contributed by atoms with Crippen LogP contribution in [0, 0.1) is 11.3 Å². The van der Waals surface area contributed by atoms with Crippen LogP contribution in [0.2, 0.25) is 0 Å². The van der Waals surface area contributed by atoms with E-state index in [9.17, 15) is 9.59 Å². The molecular weight excluding hydrogens is 320 g/mol. The summed E-state index contributed by atoms with van der Waals surface area (Å²) in [5, 5.41) is 11.5. The van der Waals surface area contributed by atoms with Crippen LogP contribution in [0.15, 0.2) is 48.5 Å². The van der Waals surface area contributed by atoms with Crippen LogP contribution in [0.4, 0.5) is 5.69 Å². The Morgan fingerprint density at radius 2 is 1.92 bits per heavy atom. The van der Waals surface area contributed by atoms with Crippen molar-refractivity contribution in [3.05, 3.63) is 59.7 Å². The molecule has 0 heterocycles. The minimum Gasteiger partial charge on any atom is -0.497 e. The Bertz CT molecular complexity index is 794. The van der Waals surface area contributed by atoms with E-state index in [2.05, 4.69) is 5.32 Å². The van der Waals surface area contributed by atoms with Crippen molar-refractivity contribution >= 4 is 17.6 Å². The molecule has 0 aliphatic carbocycles. The van der Waals surface area contributed by atoms with Gasteiger partial charge >= 0.3 is 5.97 Å². The lowest BCUT2D eigenvalue weighted by atomic mass is 10.1. The predicted octanol–water partition coefficient (Wildman–Crippen LogP) is 2.68. The molecule has 6 heteroatoms. The summed E-state index contributed by atoms with van der Waals surface area (Å²) in [6, 6.07) is 15.5. The number of anilines is 1. The quantitative estimate of drug-likeness (QED) is 0.818. The van der Waals surface area contributed by atoms with Crippen molar-refractivity contribution in [3.8, 4) is 11.8 Å². The molecule has 2 aromatic rings. The van der Waals surface area contributed by atoms with Gasteiger partial charge in [-0.2, -0.15) is 5.26 Å². The molecule has 2 rings (SSSR count). The van der Waals surface area contributed by atoms with E-state index >= 15 is 0 Å². The van der Waals surface area contributed by atoms with Crippen LogP contribution in [0.5, 0.6) is 5.75 Å². The molecule has 0 saturated heterocycles. The molecule has 0 bridgehead atoms. The van der Waals surface area contributed by atoms with Crippen LogP contribution in [0.3, 0.4) is 0 Å². The van der Waals surface area contributed by atoms with Crippen molar-refractivity contribution in [3.63, 3.8) is 0 Å². The van der Waals surface area contributed by atoms with Gasteiger partial charge in [0.1, 0.15) is 5.75 Å². The molecule has 2 aromatic carbocycles. The number of carbonyl (C=O) groups is 2. The van der Waals surface area contributed by atoms with Gasteiger partial charge in [0.05, 0.1) is 25.2 Å². The molecule has 0 spiro atoms. The number of amides is 1. The number of esters is 1. The van der Waals surface area contributed by atoms with Crippen molar-refractivity contribution in [1.29, 1.82) is 5.26 Å². The maximum Gasteiger partial charge on any atom is 0.311 e. The summed E-state index contributed by atoms with van der Waals surface area (Å²) in [5.41, 5.74) is 1.67. The minimum absolute atomic E-state index is 0.0610. The third-order valence-electron chi connectivity index (χ3n) is 3.44. The second-order valence-electron chi connectivity index (χ2n) is 5.34. The van der Waals surface area contributed by atoms with Gasteiger partial charge in [0, 0.05) is 5.69 Å². The summed E-state index contributed by atoms with van der Waals surface area (Å²) in [6.45, 7) is 1.50. The zero-order chi connectivity index (χ0) is 18.2. The first-order valence-corrected chi connectivity index (χ1v) is 7.65. The van der Waals surface area contributed by atoms with Gasteiger partial charge in [-0.05, 0) is 42.8 Å². The summed E-state index contributed by atoms with van der Waals surface area (Å²) in [7, 11) is 1.57. The number of ether oxygens (including phenoxy) is 2. The number of methoxy groups -OCH3 is 1. The van der Waals surface area contributed by atoms with E-state index < -0.39 is 18.0 Å². The molecule has 25 heavy (non-hydrogen) atoms. The highest BCUT2D eigenvalue weighted by Gasteiger charge is 2.18. The van der Waals surface area contributed by atoms with E-state index in [4.69, 9.17) is 14.7 Å². The number of nitrogens with zero attached hydrogens (tertiary/aromatic N) is 1. The third kappa shape index (κ3) is 5.36. The molecule has 1 N–H and O–H groups in total. The van der Waals surface area contributed by atoms with Gasteiger partial charge in [0.15, 0.2) is 6.10 Å². The number of hydrogen-bond acceptors (Lipinski definition) is 5. The van der Waals surface area contributed by atoms with Crippen LogP contribution in [-0.4, -0.2) is 25.1 Å². The van der Waals surface area contributed by atoms with Crippen molar-refractivity contribution in [2.24, 2.45) is 0 Å². The minimum atomic E-state index is -0.948. The molecular formula is C19H18N2O4. The highest BCUT2D eigenvalue weighted by Crippen LogP contribution is 2.13. The van der Waals surface area contributed by atoms with E-state index in [1.165, 1.54) is 6.92 Å². The van der Waals surface area contributed by atoms with Gasteiger partial charge in [-0.3, -0.25) is 9.59 Å². The molecule has 0 radical (unpaired) electrons. The Morgan fingerprint density at radius 3 is 2.56 bits per heavy atom. The Hall–Kier alpha value is -3.33. The highest BCUT2D eigenvalue weighted by atomic mass is 16.5. The van der Waals surface area contributed by atoms with E-state index in [0.29, 0.717) is 17.0 Å². The van der Waals surface area contributed by atoms with Crippen LogP contribution in [-0.2, 0) is 20.7 Å². The Balaban J connectivity index is 1.88. The van der Waals surface area contributed by atoms with Gasteiger partial charge in [0.25, 0.3) is 5.91 Å². The molecule has 0 unspecified atom stereocenters. The summed E-state index contributed by atoms with van der Waals surface area (Å²) in [5.74, 6) is -0.263. The predicted molar refractivity (Wildman–Crippen MR) is 92.0 cm³/mol. The lowest BCUT2D eigenvalue weighted by molar-refractivity contribution is -0.152. The zero-order valence-corrected chi connectivity index (χ0v) is 14.0. The van der Waals surface area contributed by atoms with Crippen molar-refractivity contribution in [2.45, 2.75) is 19.4 Å². The lowest BCUT2D eigenvalue weighted by Gasteiger charge is -2.14. The summed E-state index contributed by atoms with van der Waals surface area (Å²) in [6.07, 6.45) is -0.887. The Kier molecular flexibility index (Phi) is 6.13.